The second-order valence-electron chi connectivity index (χ2n) is 6.57. The maximum Gasteiger partial charge on any atom is 0.410 e. The molecule has 1 aliphatic rings. The van der Waals surface area contributed by atoms with Gasteiger partial charge in [0.05, 0.1) is 0 Å². The van der Waals surface area contributed by atoms with Gasteiger partial charge in [-0.2, -0.15) is 0 Å². The number of amides is 1. The number of hydrogen-bond acceptors (Lipinski definition) is 2. The van der Waals surface area contributed by atoms with Crippen molar-refractivity contribution in [3.63, 3.8) is 0 Å². The highest BCUT2D eigenvalue weighted by atomic mass is 16.6. The van der Waals surface area contributed by atoms with Crippen molar-refractivity contribution >= 4 is 6.09 Å². The number of ether oxygens (including phenoxy) is 1. The molecule has 2 aromatic carbocycles. The Kier molecular flexibility index (Phi) is 5.52. The Bertz CT molecular complexity index is 651. The van der Waals surface area contributed by atoms with Gasteiger partial charge in [0.1, 0.15) is 6.61 Å². The number of carbonyl (C=O) groups excluding carboxylic acids is 1. The predicted octanol–water partition coefficient (Wildman–Crippen LogP) is 4.73. The van der Waals surface area contributed by atoms with E-state index < -0.39 is 0 Å². The lowest BCUT2D eigenvalue weighted by Crippen LogP contribution is -2.45. The number of aryl methyl sites for hydroxylation is 1. The number of hydrogen-bond donors (Lipinski definition) is 0. The Morgan fingerprint density at radius 1 is 1.04 bits per heavy atom. The molecule has 0 radical (unpaired) electrons. The molecular formula is C21H25NO2. The van der Waals surface area contributed by atoms with Crippen LogP contribution in [-0.4, -0.2) is 23.6 Å². The molecule has 3 heteroatoms. The summed E-state index contributed by atoms with van der Waals surface area (Å²) in [6.45, 7) is 3.23. The molecule has 24 heavy (non-hydrogen) atoms. The summed E-state index contributed by atoms with van der Waals surface area (Å²) in [6.07, 6.45) is 4.01. The van der Waals surface area contributed by atoms with E-state index in [0.29, 0.717) is 6.61 Å². The molecule has 126 valence electrons. The highest BCUT2D eigenvalue weighted by Gasteiger charge is 2.27. The van der Waals surface area contributed by atoms with Crippen LogP contribution in [-0.2, 0) is 17.8 Å². The maximum atomic E-state index is 12.5. The standard InChI is InChI=1S/C21H25NO2/c1-17-10-12-18(13-11-17)15-20-9-5-6-14-22(20)21(23)24-16-19-7-3-2-4-8-19/h2-4,7-8,10-13,20H,5-6,9,14-16H2,1H3. The fourth-order valence-electron chi connectivity index (χ4n) is 3.25. The van der Waals surface area contributed by atoms with Crippen molar-refractivity contribution in [2.24, 2.45) is 0 Å². The molecule has 1 fully saturated rings. The van der Waals surface area contributed by atoms with Crippen molar-refractivity contribution in [1.82, 2.24) is 4.90 Å². The third kappa shape index (κ3) is 4.38. The van der Waals surface area contributed by atoms with E-state index in [2.05, 4.69) is 31.2 Å². The number of likely N-dealkylation sites (tertiary alicyclic amines) is 1. The zero-order valence-corrected chi connectivity index (χ0v) is 14.3. The van der Waals surface area contributed by atoms with E-state index in [1.54, 1.807) is 0 Å². The molecule has 0 aromatic heterocycles. The van der Waals surface area contributed by atoms with E-state index >= 15 is 0 Å². The molecular weight excluding hydrogens is 298 g/mol. The number of piperidine rings is 1. The van der Waals surface area contributed by atoms with Crippen molar-refractivity contribution in [3.8, 4) is 0 Å². The molecule has 3 rings (SSSR count). The average Bonchev–Trinajstić information content (AvgIpc) is 2.63. The molecule has 0 bridgehead atoms. The van der Waals surface area contributed by atoms with Crippen molar-refractivity contribution in [2.45, 2.75) is 45.3 Å². The van der Waals surface area contributed by atoms with Gasteiger partial charge in [-0.3, -0.25) is 0 Å². The molecule has 1 saturated heterocycles. The molecule has 1 amide bonds. The summed E-state index contributed by atoms with van der Waals surface area (Å²) < 4.78 is 5.54. The lowest BCUT2D eigenvalue weighted by atomic mass is 9.95. The molecule has 3 nitrogen and oxygen atoms in total. The molecule has 0 aliphatic carbocycles. The van der Waals surface area contributed by atoms with Crippen LogP contribution < -0.4 is 0 Å². The van der Waals surface area contributed by atoms with Gasteiger partial charge in [0, 0.05) is 12.6 Å². The van der Waals surface area contributed by atoms with Crippen LogP contribution in [0.4, 0.5) is 4.79 Å². The van der Waals surface area contributed by atoms with E-state index in [0.717, 1.165) is 31.4 Å². The van der Waals surface area contributed by atoms with Gasteiger partial charge < -0.3 is 9.64 Å². The summed E-state index contributed by atoms with van der Waals surface area (Å²) in [5.74, 6) is 0. The summed E-state index contributed by atoms with van der Waals surface area (Å²) in [4.78, 5) is 14.5. The Morgan fingerprint density at radius 3 is 2.54 bits per heavy atom. The first-order valence-electron chi connectivity index (χ1n) is 8.75. The molecule has 2 aromatic rings. The Hall–Kier alpha value is -2.29. The first kappa shape index (κ1) is 16.6. The number of benzene rings is 2. The second-order valence-corrected chi connectivity index (χ2v) is 6.57. The van der Waals surface area contributed by atoms with Crippen LogP contribution in [0.5, 0.6) is 0 Å². The Balaban J connectivity index is 1.60. The van der Waals surface area contributed by atoms with Crippen LogP contribution in [0.15, 0.2) is 54.6 Å². The first-order valence-corrected chi connectivity index (χ1v) is 8.75. The fourth-order valence-corrected chi connectivity index (χ4v) is 3.25. The van der Waals surface area contributed by atoms with Gasteiger partial charge >= 0.3 is 6.09 Å². The summed E-state index contributed by atoms with van der Waals surface area (Å²) in [6, 6.07) is 18.7. The van der Waals surface area contributed by atoms with E-state index in [1.165, 1.54) is 17.5 Å². The molecule has 0 saturated carbocycles. The van der Waals surface area contributed by atoms with Crippen LogP contribution in [0.2, 0.25) is 0 Å². The van der Waals surface area contributed by atoms with Gasteiger partial charge in [-0.1, -0.05) is 60.2 Å². The quantitative estimate of drug-likeness (QED) is 0.814. The van der Waals surface area contributed by atoms with Crippen LogP contribution in [0.3, 0.4) is 0 Å². The summed E-state index contributed by atoms with van der Waals surface area (Å²) >= 11 is 0. The fraction of sp³-hybridized carbons (Fsp3) is 0.381. The minimum Gasteiger partial charge on any atom is -0.445 e. The maximum absolute atomic E-state index is 12.5. The van der Waals surface area contributed by atoms with E-state index in [1.807, 2.05) is 35.2 Å². The van der Waals surface area contributed by atoms with Gasteiger partial charge in [0.2, 0.25) is 0 Å². The first-order chi connectivity index (χ1) is 11.7. The summed E-state index contributed by atoms with van der Waals surface area (Å²) in [5.41, 5.74) is 3.58. The Labute approximate surface area is 144 Å². The van der Waals surface area contributed by atoms with Gasteiger partial charge in [-0.15, -0.1) is 0 Å². The van der Waals surface area contributed by atoms with Gasteiger partial charge in [-0.05, 0) is 43.7 Å². The average molecular weight is 323 g/mol. The van der Waals surface area contributed by atoms with Crippen molar-refractivity contribution in [3.05, 3.63) is 71.3 Å². The molecule has 1 unspecified atom stereocenters. The van der Waals surface area contributed by atoms with E-state index in [-0.39, 0.29) is 12.1 Å². The van der Waals surface area contributed by atoms with Crippen LogP contribution in [0.1, 0.15) is 36.0 Å². The third-order valence-electron chi connectivity index (χ3n) is 4.66. The van der Waals surface area contributed by atoms with Crippen LogP contribution in [0.25, 0.3) is 0 Å². The highest BCUT2D eigenvalue weighted by Crippen LogP contribution is 2.22. The molecule has 1 atom stereocenters. The van der Waals surface area contributed by atoms with Gasteiger partial charge in [0.15, 0.2) is 0 Å². The minimum atomic E-state index is -0.185. The monoisotopic (exact) mass is 323 g/mol. The highest BCUT2D eigenvalue weighted by molar-refractivity contribution is 5.68. The van der Waals surface area contributed by atoms with E-state index in [9.17, 15) is 4.79 Å². The molecule has 0 spiro atoms. The molecule has 1 aliphatic heterocycles. The van der Waals surface area contributed by atoms with Crippen LogP contribution >= 0.6 is 0 Å². The van der Waals surface area contributed by atoms with Gasteiger partial charge in [0.25, 0.3) is 0 Å². The largest absolute Gasteiger partial charge is 0.445 e. The second kappa shape index (κ2) is 8.00. The van der Waals surface area contributed by atoms with Crippen molar-refractivity contribution < 1.29 is 9.53 Å². The summed E-state index contributed by atoms with van der Waals surface area (Å²) in [5, 5.41) is 0. The van der Waals surface area contributed by atoms with E-state index in [4.69, 9.17) is 4.74 Å². The summed E-state index contributed by atoms with van der Waals surface area (Å²) in [7, 11) is 0. The van der Waals surface area contributed by atoms with Gasteiger partial charge in [-0.25, -0.2) is 4.79 Å². The topological polar surface area (TPSA) is 29.5 Å². The third-order valence-corrected chi connectivity index (χ3v) is 4.66. The van der Waals surface area contributed by atoms with Crippen LogP contribution in [0, 0.1) is 6.92 Å². The number of rotatable bonds is 4. The number of carbonyl (C=O) groups is 1. The minimum absolute atomic E-state index is 0.185. The zero-order chi connectivity index (χ0) is 16.8. The lowest BCUT2D eigenvalue weighted by Gasteiger charge is -2.35. The SMILES string of the molecule is Cc1ccc(CC2CCCCN2C(=O)OCc2ccccc2)cc1. The number of nitrogens with zero attached hydrogens (tertiary/aromatic N) is 1. The normalized spacial score (nSPS) is 17.5. The smallest absolute Gasteiger partial charge is 0.410 e. The zero-order valence-electron chi connectivity index (χ0n) is 14.3. The molecule has 1 heterocycles. The van der Waals surface area contributed by atoms with Crippen molar-refractivity contribution in [1.29, 1.82) is 0 Å². The predicted molar refractivity (Wildman–Crippen MR) is 95.9 cm³/mol. The van der Waals surface area contributed by atoms with Crippen molar-refractivity contribution in [2.75, 3.05) is 6.54 Å². The Morgan fingerprint density at radius 2 is 1.79 bits per heavy atom. The molecule has 0 N–H and O–H groups in total. The lowest BCUT2D eigenvalue weighted by molar-refractivity contribution is 0.0681.